The third kappa shape index (κ3) is 4.42. The van der Waals surface area contributed by atoms with Crippen LogP contribution in [-0.2, 0) is 4.79 Å². The monoisotopic (exact) mass is 295 g/mol. The van der Waals surface area contributed by atoms with Crippen LogP contribution in [0.1, 0.15) is 27.2 Å². The van der Waals surface area contributed by atoms with Gasteiger partial charge in [0.1, 0.15) is 0 Å². The highest BCUT2D eigenvalue weighted by Crippen LogP contribution is 2.28. The van der Waals surface area contributed by atoms with E-state index in [1.807, 2.05) is 6.92 Å². The van der Waals surface area contributed by atoms with Gasteiger partial charge >= 0.3 is 5.69 Å². The lowest BCUT2D eigenvalue weighted by molar-refractivity contribution is -0.386. The van der Waals surface area contributed by atoms with E-state index in [2.05, 4.69) is 5.32 Å². The first-order valence-electron chi connectivity index (χ1n) is 6.75. The Morgan fingerprint density at radius 2 is 2.14 bits per heavy atom. The van der Waals surface area contributed by atoms with Crippen molar-refractivity contribution in [3.63, 3.8) is 0 Å². The minimum absolute atomic E-state index is 0.103. The molecule has 0 aromatic heterocycles. The standard InChI is InChI=1S/C14H21N3O4/c1-4-16-14(3,13(15)18)9-10(2)21-12-8-6-5-7-11(12)17(19)20/h5-8,10,16H,4,9H2,1-3H3,(H2,15,18). The first-order valence-corrected chi connectivity index (χ1v) is 6.75. The first-order chi connectivity index (χ1) is 9.80. The van der Waals surface area contributed by atoms with Gasteiger partial charge in [0.15, 0.2) is 5.75 Å². The Balaban J connectivity index is 2.84. The van der Waals surface area contributed by atoms with Crippen molar-refractivity contribution in [2.24, 2.45) is 5.73 Å². The fraction of sp³-hybridized carbons (Fsp3) is 0.500. The number of primary amides is 1. The number of nitro benzene ring substituents is 1. The smallest absolute Gasteiger partial charge is 0.310 e. The predicted molar refractivity (Wildman–Crippen MR) is 79.1 cm³/mol. The molecule has 7 heteroatoms. The van der Waals surface area contributed by atoms with Crippen molar-refractivity contribution in [1.29, 1.82) is 0 Å². The second-order valence-electron chi connectivity index (χ2n) is 5.08. The van der Waals surface area contributed by atoms with Crippen LogP contribution < -0.4 is 15.8 Å². The molecule has 0 aliphatic rings. The Morgan fingerprint density at radius 1 is 1.52 bits per heavy atom. The van der Waals surface area contributed by atoms with E-state index in [0.717, 1.165) is 0 Å². The molecule has 0 heterocycles. The van der Waals surface area contributed by atoms with E-state index in [-0.39, 0.29) is 11.4 Å². The zero-order valence-corrected chi connectivity index (χ0v) is 12.5. The number of rotatable bonds is 8. The third-order valence-electron chi connectivity index (χ3n) is 3.20. The number of nitro groups is 1. The number of likely N-dealkylation sites (N-methyl/N-ethyl adjacent to an activating group) is 1. The molecule has 116 valence electrons. The van der Waals surface area contributed by atoms with Gasteiger partial charge in [0.2, 0.25) is 5.91 Å². The Morgan fingerprint density at radius 3 is 2.67 bits per heavy atom. The van der Waals surface area contributed by atoms with Crippen molar-refractivity contribution >= 4 is 11.6 Å². The quantitative estimate of drug-likeness (QED) is 0.559. The van der Waals surface area contributed by atoms with Crippen molar-refractivity contribution in [1.82, 2.24) is 5.32 Å². The molecular weight excluding hydrogens is 274 g/mol. The highest BCUT2D eigenvalue weighted by atomic mass is 16.6. The molecular formula is C14H21N3O4. The second kappa shape index (κ2) is 7.03. The van der Waals surface area contributed by atoms with Gasteiger partial charge in [-0.1, -0.05) is 19.1 Å². The fourth-order valence-electron chi connectivity index (χ4n) is 2.19. The molecule has 0 fully saturated rings. The van der Waals surface area contributed by atoms with Gasteiger partial charge < -0.3 is 15.8 Å². The summed E-state index contributed by atoms with van der Waals surface area (Å²) in [6, 6.07) is 6.14. The van der Waals surface area contributed by atoms with E-state index in [4.69, 9.17) is 10.5 Å². The number of nitrogens with two attached hydrogens (primary N) is 1. The van der Waals surface area contributed by atoms with Gasteiger partial charge in [-0.25, -0.2) is 0 Å². The van der Waals surface area contributed by atoms with E-state index in [0.29, 0.717) is 13.0 Å². The third-order valence-corrected chi connectivity index (χ3v) is 3.20. The molecule has 1 aromatic rings. The summed E-state index contributed by atoms with van der Waals surface area (Å²) in [5, 5.41) is 14.0. The van der Waals surface area contributed by atoms with Gasteiger partial charge in [-0.3, -0.25) is 14.9 Å². The maximum absolute atomic E-state index is 11.6. The molecule has 0 bridgehead atoms. The minimum Gasteiger partial charge on any atom is -0.484 e. The average Bonchev–Trinajstić information content (AvgIpc) is 2.38. The van der Waals surface area contributed by atoms with Gasteiger partial charge in [0.05, 0.1) is 16.6 Å². The molecule has 0 saturated heterocycles. The van der Waals surface area contributed by atoms with Crippen molar-refractivity contribution in [2.45, 2.75) is 38.8 Å². The van der Waals surface area contributed by atoms with E-state index < -0.39 is 22.5 Å². The van der Waals surface area contributed by atoms with Crippen molar-refractivity contribution < 1.29 is 14.5 Å². The second-order valence-corrected chi connectivity index (χ2v) is 5.08. The van der Waals surface area contributed by atoms with Crippen molar-refractivity contribution in [3.8, 4) is 5.75 Å². The number of nitrogens with zero attached hydrogens (tertiary/aromatic N) is 1. The number of nitrogens with one attached hydrogen (secondary N) is 1. The van der Waals surface area contributed by atoms with E-state index >= 15 is 0 Å². The largest absolute Gasteiger partial charge is 0.484 e. The summed E-state index contributed by atoms with van der Waals surface area (Å²) in [6.07, 6.45) is -0.106. The van der Waals surface area contributed by atoms with Gasteiger partial charge in [-0.15, -0.1) is 0 Å². The van der Waals surface area contributed by atoms with Gasteiger partial charge in [0.25, 0.3) is 0 Å². The highest BCUT2D eigenvalue weighted by Gasteiger charge is 2.33. The number of carbonyl (C=O) groups excluding carboxylic acids is 1. The topological polar surface area (TPSA) is 107 Å². The minimum atomic E-state index is -0.919. The predicted octanol–water partition coefficient (Wildman–Crippen LogP) is 1.61. The van der Waals surface area contributed by atoms with Crippen LogP contribution in [0.2, 0.25) is 0 Å². The molecule has 0 saturated carbocycles. The van der Waals surface area contributed by atoms with Crippen LogP contribution in [0.25, 0.3) is 0 Å². The van der Waals surface area contributed by atoms with Gasteiger partial charge in [0, 0.05) is 12.5 Å². The van der Waals surface area contributed by atoms with Crippen LogP contribution in [0.3, 0.4) is 0 Å². The molecule has 3 N–H and O–H groups in total. The van der Waals surface area contributed by atoms with Gasteiger partial charge in [-0.05, 0) is 26.5 Å². The van der Waals surface area contributed by atoms with E-state index in [1.54, 1.807) is 26.0 Å². The van der Waals surface area contributed by atoms with Crippen LogP contribution in [-0.4, -0.2) is 29.0 Å². The Hall–Kier alpha value is -2.15. The van der Waals surface area contributed by atoms with E-state index in [1.165, 1.54) is 12.1 Å². The van der Waals surface area contributed by atoms with Crippen LogP contribution in [0.4, 0.5) is 5.69 Å². The summed E-state index contributed by atoms with van der Waals surface area (Å²) in [4.78, 5) is 22.0. The number of benzene rings is 1. The highest BCUT2D eigenvalue weighted by molar-refractivity contribution is 5.84. The molecule has 0 radical (unpaired) electrons. The van der Waals surface area contributed by atoms with Crippen molar-refractivity contribution in [3.05, 3.63) is 34.4 Å². The molecule has 0 spiro atoms. The molecule has 0 aliphatic carbocycles. The van der Waals surface area contributed by atoms with Crippen LogP contribution in [0.5, 0.6) is 5.75 Å². The van der Waals surface area contributed by atoms with E-state index in [9.17, 15) is 14.9 Å². The molecule has 2 atom stereocenters. The van der Waals surface area contributed by atoms with Crippen molar-refractivity contribution in [2.75, 3.05) is 6.54 Å². The average molecular weight is 295 g/mol. The lowest BCUT2D eigenvalue weighted by Crippen LogP contribution is -2.55. The zero-order chi connectivity index (χ0) is 16.0. The lowest BCUT2D eigenvalue weighted by atomic mass is 9.94. The summed E-state index contributed by atoms with van der Waals surface area (Å²) in [5.74, 6) is -0.305. The number of hydrogen-bond acceptors (Lipinski definition) is 5. The Bertz CT molecular complexity index is 521. The number of para-hydroxylation sites is 2. The number of carbonyl (C=O) groups is 1. The Kier molecular flexibility index (Phi) is 5.66. The molecule has 7 nitrogen and oxygen atoms in total. The lowest BCUT2D eigenvalue weighted by Gasteiger charge is -2.30. The summed E-state index contributed by atoms with van der Waals surface area (Å²) >= 11 is 0. The Labute approximate surface area is 123 Å². The summed E-state index contributed by atoms with van der Waals surface area (Å²) in [5.41, 5.74) is 4.39. The number of amides is 1. The van der Waals surface area contributed by atoms with Crippen LogP contribution >= 0.6 is 0 Å². The maximum atomic E-state index is 11.6. The summed E-state index contributed by atoms with van der Waals surface area (Å²) in [6.45, 7) is 5.89. The van der Waals surface area contributed by atoms with Gasteiger partial charge in [-0.2, -0.15) is 0 Å². The number of ether oxygens (including phenoxy) is 1. The zero-order valence-electron chi connectivity index (χ0n) is 12.5. The first kappa shape index (κ1) is 16.9. The summed E-state index contributed by atoms with van der Waals surface area (Å²) in [7, 11) is 0. The molecule has 1 amide bonds. The number of hydrogen-bond donors (Lipinski definition) is 2. The molecule has 1 rings (SSSR count). The van der Waals surface area contributed by atoms with Crippen LogP contribution in [0, 0.1) is 10.1 Å². The normalized spacial score (nSPS) is 15.0. The summed E-state index contributed by atoms with van der Waals surface area (Å²) < 4.78 is 5.61. The molecule has 0 aliphatic heterocycles. The maximum Gasteiger partial charge on any atom is 0.310 e. The molecule has 1 aromatic carbocycles. The van der Waals surface area contributed by atoms with Crippen LogP contribution in [0.15, 0.2) is 24.3 Å². The molecule has 21 heavy (non-hydrogen) atoms. The SMILES string of the molecule is CCNC(C)(CC(C)Oc1ccccc1[N+](=O)[O-])C(N)=O. The fourth-order valence-corrected chi connectivity index (χ4v) is 2.19. The molecule has 2 unspecified atom stereocenters.